The van der Waals surface area contributed by atoms with Crippen LogP contribution in [0.15, 0.2) is 65.6 Å². The van der Waals surface area contributed by atoms with Crippen molar-refractivity contribution in [2.45, 2.75) is 30.7 Å². The quantitative estimate of drug-likeness (QED) is 0.507. The number of sulfonamides is 1. The number of rotatable bonds is 5. The first kappa shape index (κ1) is 27.1. The molecule has 0 radical (unpaired) electrons. The van der Waals surface area contributed by atoms with Gasteiger partial charge in [-0.25, -0.2) is 17.9 Å². The lowest BCUT2D eigenvalue weighted by Gasteiger charge is -2.39. The van der Waals surface area contributed by atoms with Crippen LogP contribution in [0.25, 0.3) is 10.8 Å². The minimum Gasteiger partial charge on any atom is -0.325 e. The van der Waals surface area contributed by atoms with E-state index in [0.29, 0.717) is 48.0 Å². The van der Waals surface area contributed by atoms with Gasteiger partial charge in [-0.05, 0) is 50.6 Å². The van der Waals surface area contributed by atoms with Crippen LogP contribution in [0.3, 0.4) is 0 Å². The predicted octanol–water partition coefficient (Wildman–Crippen LogP) is 3.51. The van der Waals surface area contributed by atoms with Crippen LogP contribution in [-0.2, 0) is 10.0 Å². The molecule has 0 spiro atoms. The Morgan fingerprint density at radius 1 is 0.795 bits per heavy atom. The molecule has 3 aromatic carbocycles. The number of likely N-dealkylation sites (N-methyl/N-ethyl adjacent to an activating group) is 1. The summed E-state index contributed by atoms with van der Waals surface area (Å²) >= 11 is 0. The van der Waals surface area contributed by atoms with Gasteiger partial charge in [0.1, 0.15) is 0 Å². The van der Waals surface area contributed by atoms with Crippen LogP contribution in [-0.4, -0.2) is 87.4 Å². The van der Waals surface area contributed by atoms with Crippen molar-refractivity contribution in [3.63, 3.8) is 0 Å². The molecule has 2 saturated heterocycles. The van der Waals surface area contributed by atoms with Gasteiger partial charge >= 0.3 is 6.03 Å². The van der Waals surface area contributed by atoms with Crippen molar-refractivity contribution in [3.8, 4) is 0 Å². The Bertz CT molecular complexity index is 1480. The van der Waals surface area contributed by atoms with Crippen LogP contribution < -0.4 is 10.0 Å². The zero-order chi connectivity index (χ0) is 27.6. The van der Waals surface area contributed by atoms with Gasteiger partial charge in [-0.3, -0.25) is 4.79 Å². The van der Waals surface area contributed by atoms with Gasteiger partial charge in [0.2, 0.25) is 10.0 Å². The molecule has 206 valence electrons. The van der Waals surface area contributed by atoms with Crippen molar-refractivity contribution in [2.24, 2.45) is 0 Å². The van der Waals surface area contributed by atoms with Crippen LogP contribution in [0.2, 0.25) is 0 Å². The number of aryl methyl sites for hydroxylation is 1. The summed E-state index contributed by atoms with van der Waals surface area (Å²) in [6.07, 6.45) is 1.11. The molecule has 9 nitrogen and oxygen atoms in total. The first-order chi connectivity index (χ1) is 18.7. The molecular weight excluding hydrogens is 514 g/mol. The van der Waals surface area contributed by atoms with E-state index in [0.717, 1.165) is 31.7 Å². The summed E-state index contributed by atoms with van der Waals surface area (Å²) in [7, 11) is -1.78. The van der Waals surface area contributed by atoms with E-state index >= 15 is 0 Å². The zero-order valence-corrected chi connectivity index (χ0v) is 23.2. The molecule has 3 amide bonds. The molecule has 10 heteroatoms. The van der Waals surface area contributed by atoms with E-state index in [4.69, 9.17) is 0 Å². The highest BCUT2D eigenvalue weighted by Crippen LogP contribution is 2.30. The summed E-state index contributed by atoms with van der Waals surface area (Å²) < 4.78 is 29.9. The third-order valence-electron chi connectivity index (χ3n) is 7.67. The Labute approximate surface area is 229 Å². The monoisotopic (exact) mass is 549 g/mol. The van der Waals surface area contributed by atoms with Gasteiger partial charge in [0, 0.05) is 67.3 Å². The highest BCUT2D eigenvalue weighted by molar-refractivity contribution is 7.89. The number of benzene rings is 3. The number of carbonyl (C=O) groups excluding carboxylic acids is 2. The number of hydrogen-bond donors (Lipinski definition) is 2. The Balaban J connectivity index is 1.28. The van der Waals surface area contributed by atoms with Crippen molar-refractivity contribution in [1.82, 2.24) is 19.4 Å². The van der Waals surface area contributed by atoms with Crippen LogP contribution >= 0.6 is 0 Å². The second kappa shape index (κ2) is 11.3. The number of piperazine rings is 1. The number of fused-ring (bicyclic) bond motifs is 1. The fraction of sp³-hybridized carbons (Fsp3) is 0.379. The summed E-state index contributed by atoms with van der Waals surface area (Å²) in [6.45, 7) is 6.08. The molecule has 0 atom stereocenters. The minimum absolute atomic E-state index is 0.0405. The molecule has 0 aromatic heterocycles. The molecular formula is C29H35N5O4S. The number of hydrogen-bond acceptors (Lipinski definition) is 5. The lowest BCUT2D eigenvalue weighted by atomic mass is 10.1. The Hall–Kier alpha value is -3.47. The van der Waals surface area contributed by atoms with E-state index in [-0.39, 0.29) is 22.9 Å². The first-order valence-corrected chi connectivity index (χ1v) is 14.8. The Kier molecular flexibility index (Phi) is 7.88. The maximum atomic E-state index is 13.5. The SMILES string of the molecule is Cc1ccccc1C(=O)Nc1ccc(S(=O)(=O)NC2CCN(C(=O)N3CCN(C)CC3)CC2)c2ccccc12. The molecule has 0 aliphatic carbocycles. The average Bonchev–Trinajstić information content (AvgIpc) is 2.93. The second-order valence-corrected chi connectivity index (χ2v) is 12.1. The Morgan fingerprint density at radius 3 is 2.10 bits per heavy atom. The van der Waals surface area contributed by atoms with Crippen molar-refractivity contribution in [2.75, 3.05) is 51.6 Å². The van der Waals surface area contributed by atoms with Gasteiger partial charge < -0.3 is 20.0 Å². The molecule has 0 unspecified atom stereocenters. The number of nitrogens with zero attached hydrogens (tertiary/aromatic N) is 3. The molecule has 39 heavy (non-hydrogen) atoms. The fourth-order valence-corrected chi connectivity index (χ4v) is 6.82. The molecule has 5 rings (SSSR count). The third kappa shape index (κ3) is 5.93. The highest BCUT2D eigenvalue weighted by Gasteiger charge is 2.30. The van der Waals surface area contributed by atoms with Gasteiger partial charge in [-0.2, -0.15) is 0 Å². The molecule has 0 saturated carbocycles. The molecule has 2 fully saturated rings. The predicted molar refractivity (Wildman–Crippen MR) is 152 cm³/mol. The van der Waals surface area contributed by atoms with Crippen LogP contribution in [0.4, 0.5) is 10.5 Å². The van der Waals surface area contributed by atoms with E-state index in [1.54, 1.807) is 30.3 Å². The first-order valence-electron chi connectivity index (χ1n) is 13.4. The maximum Gasteiger partial charge on any atom is 0.320 e. The van der Waals surface area contributed by atoms with Gasteiger partial charge in [0.05, 0.1) is 4.90 Å². The summed E-state index contributed by atoms with van der Waals surface area (Å²) in [5, 5.41) is 4.13. The topological polar surface area (TPSA) is 102 Å². The number of nitrogens with one attached hydrogen (secondary N) is 2. The molecule has 2 aliphatic heterocycles. The summed E-state index contributed by atoms with van der Waals surface area (Å²) in [5.74, 6) is -0.245. The lowest BCUT2D eigenvalue weighted by Crippen LogP contribution is -2.54. The summed E-state index contributed by atoms with van der Waals surface area (Å²) in [5.41, 5.74) is 1.98. The van der Waals surface area contributed by atoms with E-state index in [1.807, 2.05) is 47.1 Å². The van der Waals surface area contributed by atoms with Gasteiger partial charge in [-0.15, -0.1) is 0 Å². The van der Waals surface area contributed by atoms with Crippen molar-refractivity contribution < 1.29 is 18.0 Å². The zero-order valence-electron chi connectivity index (χ0n) is 22.4. The minimum atomic E-state index is -3.84. The summed E-state index contributed by atoms with van der Waals surface area (Å²) in [6, 6.07) is 17.5. The van der Waals surface area contributed by atoms with Crippen LogP contribution in [0.1, 0.15) is 28.8 Å². The number of likely N-dealkylation sites (tertiary alicyclic amines) is 1. The molecule has 2 aliphatic rings. The molecule has 2 heterocycles. The van der Waals surface area contributed by atoms with E-state index < -0.39 is 10.0 Å². The average molecular weight is 550 g/mol. The lowest BCUT2D eigenvalue weighted by molar-refractivity contribution is 0.102. The normalized spacial score (nSPS) is 17.4. The molecule has 3 aromatic rings. The number of urea groups is 1. The van der Waals surface area contributed by atoms with E-state index in [1.165, 1.54) is 0 Å². The number of piperidine rings is 1. The van der Waals surface area contributed by atoms with Crippen molar-refractivity contribution in [3.05, 3.63) is 71.8 Å². The third-order valence-corrected chi connectivity index (χ3v) is 9.25. The maximum absolute atomic E-state index is 13.5. The standard InChI is InChI=1S/C29H35N5O4S/c1-21-7-3-4-8-23(21)28(35)30-26-11-12-27(25-10-6-5-9-24(25)26)39(37,38)31-22-13-15-33(16-14-22)29(36)34-19-17-32(2)18-20-34/h3-12,22,31H,13-20H2,1-2H3,(H,30,35). The molecule has 0 bridgehead atoms. The van der Waals surface area contributed by atoms with Crippen molar-refractivity contribution in [1.29, 1.82) is 0 Å². The largest absolute Gasteiger partial charge is 0.325 e. The van der Waals surface area contributed by atoms with Gasteiger partial charge in [0.25, 0.3) is 5.91 Å². The van der Waals surface area contributed by atoms with Crippen LogP contribution in [0, 0.1) is 6.92 Å². The highest BCUT2D eigenvalue weighted by atomic mass is 32.2. The summed E-state index contributed by atoms with van der Waals surface area (Å²) in [4.78, 5) is 31.9. The Morgan fingerprint density at radius 2 is 1.41 bits per heavy atom. The van der Waals surface area contributed by atoms with Gasteiger partial charge in [0.15, 0.2) is 0 Å². The second-order valence-electron chi connectivity index (χ2n) is 10.4. The molecule has 2 N–H and O–H groups in total. The van der Waals surface area contributed by atoms with Crippen LogP contribution in [0.5, 0.6) is 0 Å². The number of anilines is 1. The van der Waals surface area contributed by atoms with E-state index in [2.05, 4.69) is 22.0 Å². The fourth-order valence-electron chi connectivity index (χ4n) is 5.30. The van der Waals surface area contributed by atoms with E-state index in [9.17, 15) is 18.0 Å². The van der Waals surface area contributed by atoms with Crippen molar-refractivity contribution >= 4 is 38.4 Å². The number of carbonyl (C=O) groups is 2. The smallest absolute Gasteiger partial charge is 0.320 e. The van der Waals surface area contributed by atoms with Gasteiger partial charge in [-0.1, -0.05) is 42.5 Å². The number of amides is 3.